The van der Waals surface area contributed by atoms with Gasteiger partial charge >= 0.3 is 0 Å². The van der Waals surface area contributed by atoms with Gasteiger partial charge in [0.15, 0.2) is 16.5 Å². The van der Waals surface area contributed by atoms with Crippen LogP contribution in [-0.4, -0.2) is 22.8 Å². The summed E-state index contributed by atoms with van der Waals surface area (Å²) in [7, 11) is 1.73. The molecule has 0 aliphatic rings. The number of thiazole rings is 1. The van der Waals surface area contributed by atoms with E-state index in [0.29, 0.717) is 5.76 Å². The second kappa shape index (κ2) is 6.22. The van der Waals surface area contributed by atoms with Gasteiger partial charge in [0.25, 0.3) is 5.91 Å². The number of amides is 1. The molecule has 4 rings (SSSR count). The lowest BCUT2D eigenvalue weighted by Crippen LogP contribution is -2.29. The van der Waals surface area contributed by atoms with Crippen molar-refractivity contribution in [2.75, 3.05) is 7.05 Å². The molecule has 1 amide bonds. The van der Waals surface area contributed by atoms with Crippen molar-refractivity contribution in [1.82, 2.24) is 9.88 Å². The minimum atomic E-state index is -0.198. The zero-order valence-corrected chi connectivity index (χ0v) is 14.6. The predicted molar refractivity (Wildman–Crippen MR) is 96.5 cm³/mol. The molecule has 0 bridgehead atoms. The Morgan fingerprint density at radius 1 is 1.16 bits per heavy atom. The zero-order chi connectivity index (χ0) is 17.4. The SMILES string of the molecule is CC(c1ccco1)N(C)C(=O)c1ccc(-c2nc3ccccc3s2)o1. The molecular weight excluding hydrogens is 336 g/mol. The topological polar surface area (TPSA) is 59.5 Å². The number of carbonyl (C=O) groups is 1. The molecule has 0 aliphatic heterocycles. The monoisotopic (exact) mass is 352 g/mol. The molecule has 126 valence electrons. The quantitative estimate of drug-likeness (QED) is 0.519. The van der Waals surface area contributed by atoms with Gasteiger partial charge in [0, 0.05) is 7.05 Å². The van der Waals surface area contributed by atoms with Crippen molar-refractivity contribution < 1.29 is 13.6 Å². The second-order valence-electron chi connectivity index (χ2n) is 5.76. The van der Waals surface area contributed by atoms with Gasteiger partial charge in [-0.2, -0.15) is 0 Å². The molecule has 3 heterocycles. The summed E-state index contributed by atoms with van der Waals surface area (Å²) in [5, 5.41) is 0.766. The molecule has 0 N–H and O–H groups in total. The third kappa shape index (κ3) is 2.85. The van der Waals surface area contributed by atoms with Crippen molar-refractivity contribution >= 4 is 27.5 Å². The largest absolute Gasteiger partial charge is 0.467 e. The van der Waals surface area contributed by atoms with E-state index in [1.165, 1.54) is 0 Å². The Hall–Kier alpha value is -2.86. The highest BCUT2D eigenvalue weighted by Crippen LogP contribution is 2.31. The van der Waals surface area contributed by atoms with Crippen LogP contribution in [0.1, 0.15) is 29.3 Å². The van der Waals surface area contributed by atoms with Crippen LogP contribution in [0.5, 0.6) is 0 Å². The molecule has 1 unspecified atom stereocenters. The Morgan fingerprint density at radius 2 is 2.00 bits per heavy atom. The number of benzene rings is 1. The number of hydrogen-bond acceptors (Lipinski definition) is 5. The molecule has 0 spiro atoms. The fourth-order valence-corrected chi connectivity index (χ4v) is 3.54. The highest BCUT2D eigenvalue weighted by atomic mass is 32.1. The average molecular weight is 352 g/mol. The third-order valence-corrected chi connectivity index (χ3v) is 5.23. The predicted octanol–water partition coefficient (Wildman–Crippen LogP) is 4.98. The van der Waals surface area contributed by atoms with Crippen LogP contribution in [0, 0.1) is 0 Å². The van der Waals surface area contributed by atoms with Gasteiger partial charge in [-0.15, -0.1) is 11.3 Å². The smallest absolute Gasteiger partial charge is 0.289 e. The van der Waals surface area contributed by atoms with Gasteiger partial charge in [-0.05, 0) is 43.3 Å². The second-order valence-corrected chi connectivity index (χ2v) is 6.79. The van der Waals surface area contributed by atoms with Crippen molar-refractivity contribution in [3.63, 3.8) is 0 Å². The molecule has 0 saturated heterocycles. The Labute approximate surface area is 148 Å². The summed E-state index contributed by atoms with van der Waals surface area (Å²) in [6.07, 6.45) is 1.60. The first-order valence-corrected chi connectivity index (χ1v) is 8.71. The van der Waals surface area contributed by atoms with Crippen LogP contribution >= 0.6 is 11.3 Å². The fourth-order valence-electron chi connectivity index (χ4n) is 2.61. The minimum Gasteiger partial charge on any atom is -0.467 e. The van der Waals surface area contributed by atoms with Gasteiger partial charge in [0.2, 0.25) is 0 Å². The number of nitrogens with zero attached hydrogens (tertiary/aromatic N) is 2. The maximum atomic E-state index is 12.7. The van der Waals surface area contributed by atoms with Crippen molar-refractivity contribution in [2.24, 2.45) is 0 Å². The summed E-state index contributed by atoms with van der Waals surface area (Å²) in [4.78, 5) is 18.8. The van der Waals surface area contributed by atoms with Gasteiger partial charge in [-0.3, -0.25) is 4.79 Å². The molecule has 0 fully saturated rings. The molecule has 25 heavy (non-hydrogen) atoms. The summed E-state index contributed by atoms with van der Waals surface area (Å²) in [6, 6.07) is 14.9. The molecule has 4 aromatic rings. The molecule has 6 heteroatoms. The highest BCUT2D eigenvalue weighted by Gasteiger charge is 2.24. The van der Waals surface area contributed by atoms with Crippen LogP contribution in [0.15, 0.2) is 63.6 Å². The first-order valence-electron chi connectivity index (χ1n) is 7.90. The van der Waals surface area contributed by atoms with Crippen LogP contribution in [0.25, 0.3) is 21.0 Å². The maximum absolute atomic E-state index is 12.7. The van der Waals surface area contributed by atoms with E-state index in [1.807, 2.05) is 43.3 Å². The Balaban J connectivity index is 1.59. The minimum absolute atomic E-state index is 0.182. The Bertz CT molecular complexity index is 983. The summed E-state index contributed by atoms with van der Waals surface area (Å²) in [6.45, 7) is 1.91. The highest BCUT2D eigenvalue weighted by molar-refractivity contribution is 7.21. The van der Waals surface area contributed by atoms with Crippen molar-refractivity contribution in [2.45, 2.75) is 13.0 Å². The Morgan fingerprint density at radius 3 is 2.76 bits per heavy atom. The molecule has 0 radical (unpaired) electrons. The average Bonchev–Trinajstić information content (AvgIpc) is 3.39. The van der Waals surface area contributed by atoms with Crippen molar-refractivity contribution in [3.8, 4) is 10.8 Å². The zero-order valence-electron chi connectivity index (χ0n) is 13.8. The van der Waals surface area contributed by atoms with Gasteiger partial charge < -0.3 is 13.7 Å². The van der Waals surface area contributed by atoms with E-state index in [4.69, 9.17) is 8.83 Å². The molecule has 1 aromatic carbocycles. The summed E-state index contributed by atoms with van der Waals surface area (Å²) >= 11 is 1.54. The first-order chi connectivity index (χ1) is 12.1. The third-order valence-electron chi connectivity index (χ3n) is 4.18. The van der Waals surface area contributed by atoms with E-state index in [-0.39, 0.29) is 17.7 Å². The molecule has 5 nitrogen and oxygen atoms in total. The van der Waals surface area contributed by atoms with Crippen molar-refractivity contribution in [3.05, 3.63) is 66.3 Å². The van der Waals surface area contributed by atoms with E-state index in [2.05, 4.69) is 4.98 Å². The van der Waals surface area contributed by atoms with Crippen LogP contribution in [0.2, 0.25) is 0 Å². The van der Waals surface area contributed by atoms with E-state index in [9.17, 15) is 4.79 Å². The van der Waals surface area contributed by atoms with Gasteiger partial charge in [0.1, 0.15) is 5.76 Å². The number of rotatable bonds is 4. The lowest BCUT2D eigenvalue weighted by atomic mass is 10.2. The molecule has 1 atom stereocenters. The maximum Gasteiger partial charge on any atom is 0.289 e. The van der Waals surface area contributed by atoms with Crippen LogP contribution < -0.4 is 0 Å². The number of carbonyl (C=O) groups excluding carboxylic acids is 1. The molecule has 3 aromatic heterocycles. The van der Waals surface area contributed by atoms with Crippen molar-refractivity contribution in [1.29, 1.82) is 0 Å². The number of aromatic nitrogens is 1. The van der Waals surface area contributed by atoms with Crippen LogP contribution in [0.3, 0.4) is 0 Å². The molecular formula is C19H16N2O3S. The number of furan rings is 2. The lowest BCUT2D eigenvalue weighted by Gasteiger charge is -2.22. The standard InChI is InChI=1S/C19H16N2O3S/c1-12(14-7-5-11-23-14)21(2)19(22)16-10-9-15(24-16)18-20-13-6-3-4-8-17(13)25-18/h3-12H,1-2H3. The number of fused-ring (bicyclic) bond motifs is 1. The Kier molecular flexibility index (Phi) is 3.89. The van der Waals surface area contributed by atoms with E-state index in [0.717, 1.165) is 21.0 Å². The van der Waals surface area contributed by atoms with Gasteiger partial charge in [0.05, 0.1) is 22.5 Å². The molecule has 0 aliphatic carbocycles. The van der Waals surface area contributed by atoms with E-state index in [1.54, 1.807) is 41.7 Å². The molecule has 0 saturated carbocycles. The summed E-state index contributed by atoms with van der Waals surface area (Å²) in [5.41, 5.74) is 0.926. The van der Waals surface area contributed by atoms with Crippen LogP contribution in [0.4, 0.5) is 0 Å². The van der Waals surface area contributed by atoms with Gasteiger partial charge in [-0.1, -0.05) is 12.1 Å². The number of hydrogen-bond donors (Lipinski definition) is 0. The van der Waals surface area contributed by atoms with E-state index < -0.39 is 0 Å². The number of para-hydroxylation sites is 1. The summed E-state index contributed by atoms with van der Waals surface area (Å²) < 4.78 is 12.2. The lowest BCUT2D eigenvalue weighted by molar-refractivity contribution is 0.0695. The first kappa shape index (κ1) is 15.7. The van der Waals surface area contributed by atoms with E-state index >= 15 is 0 Å². The normalized spacial score (nSPS) is 12.4. The van der Waals surface area contributed by atoms with Gasteiger partial charge in [-0.25, -0.2) is 4.98 Å². The summed E-state index contributed by atoms with van der Waals surface area (Å²) in [5.74, 6) is 1.42. The fraction of sp³-hybridized carbons (Fsp3) is 0.158. The van der Waals surface area contributed by atoms with Crippen LogP contribution in [-0.2, 0) is 0 Å².